The van der Waals surface area contributed by atoms with E-state index in [-0.39, 0.29) is 39.9 Å². The van der Waals surface area contributed by atoms with Gasteiger partial charge in [0.1, 0.15) is 16.3 Å². The third-order valence-corrected chi connectivity index (χ3v) is 6.09. The molecule has 0 aliphatic rings. The Labute approximate surface area is 180 Å². The monoisotopic (exact) mass is 466 g/mol. The molecule has 2 atom stereocenters. The Morgan fingerprint density at radius 1 is 1.10 bits per heavy atom. The van der Waals surface area contributed by atoms with Crippen LogP contribution in [0.2, 0.25) is 0 Å². The number of carbonyl (C=O) groups is 1. The van der Waals surface area contributed by atoms with Crippen molar-refractivity contribution in [2.24, 2.45) is 0 Å². The maximum Gasteiger partial charge on any atom is 0.390 e. The number of aryl methyl sites for hydroxylation is 2. The fourth-order valence-electron chi connectivity index (χ4n) is 2.84. The van der Waals surface area contributed by atoms with Gasteiger partial charge in [-0.25, -0.2) is 9.59 Å². The molecule has 0 amide bonds. The fourth-order valence-corrected chi connectivity index (χ4v) is 4.06. The minimum atomic E-state index is -4.50. The largest absolute Gasteiger partial charge is 0.459 e. The lowest BCUT2D eigenvalue weighted by Gasteiger charge is -2.15. The minimum absolute atomic E-state index is 0.00445. The van der Waals surface area contributed by atoms with E-state index in [0.29, 0.717) is 0 Å². The Bertz CT molecular complexity index is 1060. The zero-order chi connectivity index (χ0) is 23.5. The first-order valence-corrected chi connectivity index (χ1v) is 10.3. The van der Waals surface area contributed by atoms with E-state index < -0.39 is 42.5 Å². The summed E-state index contributed by atoms with van der Waals surface area (Å²) in [6.07, 6.45) is -6.66. The molecular formula is C19H25F3N2O6S. The van der Waals surface area contributed by atoms with E-state index in [4.69, 9.17) is 14.2 Å². The molecule has 31 heavy (non-hydrogen) atoms. The van der Waals surface area contributed by atoms with E-state index >= 15 is 0 Å². The van der Waals surface area contributed by atoms with Gasteiger partial charge in [0.2, 0.25) is 0 Å². The van der Waals surface area contributed by atoms with Gasteiger partial charge in [-0.3, -0.25) is 13.9 Å². The lowest BCUT2D eigenvalue weighted by Crippen LogP contribution is -2.42. The van der Waals surface area contributed by atoms with Crippen molar-refractivity contribution >= 4 is 27.5 Å². The first-order valence-electron chi connectivity index (χ1n) is 9.47. The number of ether oxygens (including phenoxy) is 3. The highest BCUT2D eigenvalue weighted by Gasteiger charge is 2.29. The van der Waals surface area contributed by atoms with Crippen LogP contribution in [0.5, 0.6) is 0 Å². The molecule has 2 unspecified atom stereocenters. The fraction of sp³-hybridized carbons (Fsp3) is 0.632. The Morgan fingerprint density at radius 3 is 2.26 bits per heavy atom. The van der Waals surface area contributed by atoms with Crippen molar-refractivity contribution in [3.8, 4) is 0 Å². The quantitative estimate of drug-likeness (QED) is 0.528. The maximum atomic E-state index is 13.0. The number of hydrogen-bond acceptors (Lipinski definition) is 7. The van der Waals surface area contributed by atoms with Gasteiger partial charge in [-0.05, 0) is 26.3 Å². The second-order valence-electron chi connectivity index (χ2n) is 7.14. The zero-order valence-electron chi connectivity index (χ0n) is 17.9. The number of rotatable bonds is 9. The van der Waals surface area contributed by atoms with Crippen molar-refractivity contribution < 1.29 is 32.2 Å². The topological polar surface area (TPSA) is 88.8 Å². The van der Waals surface area contributed by atoms with E-state index in [1.165, 1.54) is 21.1 Å². The van der Waals surface area contributed by atoms with Crippen molar-refractivity contribution in [2.75, 3.05) is 20.8 Å². The van der Waals surface area contributed by atoms with Crippen LogP contribution in [0.25, 0.3) is 10.2 Å². The van der Waals surface area contributed by atoms with Crippen LogP contribution in [0.4, 0.5) is 13.2 Å². The lowest BCUT2D eigenvalue weighted by atomic mass is 10.2. The Kier molecular flexibility index (Phi) is 8.06. The zero-order valence-corrected chi connectivity index (χ0v) is 18.7. The van der Waals surface area contributed by atoms with Gasteiger partial charge in [0, 0.05) is 20.8 Å². The van der Waals surface area contributed by atoms with E-state index in [9.17, 15) is 27.6 Å². The van der Waals surface area contributed by atoms with Crippen LogP contribution in [-0.4, -0.2) is 54.3 Å². The van der Waals surface area contributed by atoms with Crippen molar-refractivity contribution in [3.63, 3.8) is 0 Å². The average molecular weight is 466 g/mol. The summed E-state index contributed by atoms with van der Waals surface area (Å²) in [7, 11) is 2.84. The van der Waals surface area contributed by atoms with Crippen LogP contribution in [0.3, 0.4) is 0 Å². The number of aromatic nitrogens is 2. The summed E-state index contributed by atoms with van der Waals surface area (Å²) >= 11 is 0.766. The molecule has 174 valence electrons. The van der Waals surface area contributed by atoms with E-state index in [1.54, 1.807) is 13.8 Å². The van der Waals surface area contributed by atoms with Gasteiger partial charge in [-0.2, -0.15) is 13.2 Å². The molecule has 0 bridgehead atoms. The Morgan fingerprint density at radius 2 is 1.71 bits per heavy atom. The summed E-state index contributed by atoms with van der Waals surface area (Å²) in [6, 6.07) is 0. The summed E-state index contributed by atoms with van der Waals surface area (Å²) in [4.78, 5) is 38.5. The third-order valence-electron chi connectivity index (χ3n) is 4.79. The number of esters is 1. The van der Waals surface area contributed by atoms with E-state index in [0.717, 1.165) is 20.5 Å². The molecule has 2 rings (SSSR count). The van der Waals surface area contributed by atoms with Gasteiger partial charge in [-0.1, -0.05) is 0 Å². The molecule has 2 aromatic rings. The molecule has 0 spiro atoms. The van der Waals surface area contributed by atoms with E-state index in [1.807, 2.05) is 0 Å². The minimum Gasteiger partial charge on any atom is -0.459 e. The number of methoxy groups -OCH3 is 2. The lowest BCUT2D eigenvalue weighted by molar-refractivity contribution is -0.136. The molecule has 0 N–H and O–H groups in total. The van der Waals surface area contributed by atoms with Crippen molar-refractivity contribution in [3.05, 3.63) is 31.3 Å². The molecular weight excluding hydrogens is 441 g/mol. The Balaban J connectivity index is 2.66. The number of nitrogens with zero attached hydrogens (tertiary/aromatic N) is 2. The van der Waals surface area contributed by atoms with Gasteiger partial charge in [0.05, 0.1) is 30.6 Å². The second-order valence-corrected chi connectivity index (χ2v) is 8.14. The first-order chi connectivity index (χ1) is 14.4. The second kappa shape index (κ2) is 9.96. The summed E-state index contributed by atoms with van der Waals surface area (Å²) in [6.45, 7) is 3.94. The van der Waals surface area contributed by atoms with Gasteiger partial charge < -0.3 is 14.2 Å². The molecule has 12 heteroatoms. The third kappa shape index (κ3) is 5.74. The molecule has 0 saturated carbocycles. The average Bonchev–Trinajstić information content (AvgIpc) is 3.05. The predicted molar refractivity (Wildman–Crippen MR) is 109 cm³/mol. The summed E-state index contributed by atoms with van der Waals surface area (Å²) in [5.41, 5.74) is -1.33. The standard InChI is InChI=1S/C19H25F3N2O6S/c1-10(28-4)8-24-15(25)13-12(3)14(17(26)30-9-11(2)29-5)31-16(13)23(18(24)27)7-6-19(20,21)22/h10-11H,6-9H2,1-5H3. The van der Waals surface area contributed by atoms with Crippen molar-refractivity contribution in [1.29, 1.82) is 0 Å². The number of thiophene rings is 1. The van der Waals surface area contributed by atoms with Crippen molar-refractivity contribution in [1.82, 2.24) is 9.13 Å². The summed E-state index contributed by atoms with van der Waals surface area (Å²) in [5.74, 6) is -0.742. The molecule has 0 aliphatic heterocycles. The van der Waals surface area contributed by atoms with Gasteiger partial charge >= 0.3 is 17.8 Å². The molecule has 0 saturated heterocycles. The smallest absolute Gasteiger partial charge is 0.390 e. The van der Waals surface area contributed by atoms with E-state index in [2.05, 4.69) is 0 Å². The highest BCUT2D eigenvalue weighted by Crippen LogP contribution is 2.30. The number of halogens is 3. The maximum absolute atomic E-state index is 13.0. The number of alkyl halides is 3. The normalized spacial score (nSPS) is 14.1. The summed E-state index contributed by atoms with van der Waals surface area (Å²) in [5, 5.41) is 0.0156. The molecule has 0 aromatic carbocycles. The number of fused-ring (bicyclic) bond motifs is 1. The van der Waals surface area contributed by atoms with Crippen LogP contribution >= 0.6 is 11.3 Å². The number of carbonyl (C=O) groups excluding carboxylic acids is 1. The van der Waals surface area contributed by atoms with Crippen LogP contribution in [0, 0.1) is 6.92 Å². The molecule has 2 heterocycles. The van der Waals surface area contributed by atoms with Crippen LogP contribution in [-0.2, 0) is 27.3 Å². The van der Waals surface area contributed by atoms with Crippen LogP contribution in [0.1, 0.15) is 35.5 Å². The van der Waals surface area contributed by atoms with Crippen molar-refractivity contribution in [2.45, 2.75) is 58.7 Å². The van der Waals surface area contributed by atoms with Crippen LogP contribution in [0.15, 0.2) is 9.59 Å². The highest BCUT2D eigenvalue weighted by molar-refractivity contribution is 7.20. The summed E-state index contributed by atoms with van der Waals surface area (Å²) < 4.78 is 55.6. The number of hydrogen-bond donors (Lipinski definition) is 0. The molecule has 0 fully saturated rings. The predicted octanol–water partition coefficient (Wildman–Crippen LogP) is 2.71. The molecule has 0 radical (unpaired) electrons. The molecule has 0 aliphatic carbocycles. The molecule has 8 nitrogen and oxygen atoms in total. The highest BCUT2D eigenvalue weighted by atomic mass is 32.1. The Hall–Kier alpha value is -2.18. The first kappa shape index (κ1) is 25.1. The molecule has 2 aromatic heterocycles. The van der Waals surface area contributed by atoms with Gasteiger partial charge in [0.15, 0.2) is 0 Å². The van der Waals surface area contributed by atoms with Crippen LogP contribution < -0.4 is 11.2 Å². The van der Waals surface area contributed by atoms with Gasteiger partial charge in [0.25, 0.3) is 5.56 Å². The van der Waals surface area contributed by atoms with Gasteiger partial charge in [-0.15, -0.1) is 11.3 Å². The SMILES string of the molecule is COC(C)COC(=O)c1sc2c(c1C)c(=O)n(CC(C)OC)c(=O)n2CCC(F)(F)F.